The number of pyridine rings is 1. The summed E-state index contributed by atoms with van der Waals surface area (Å²) >= 11 is 0. The lowest BCUT2D eigenvalue weighted by molar-refractivity contribution is 0.0922. The van der Waals surface area contributed by atoms with E-state index >= 15 is 0 Å². The van der Waals surface area contributed by atoms with Gasteiger partial charge in [-0.25, -0.2) is 4.90 Å². The van der Waals surface area contributed by atoms with Gasteiger partial charge in [-0.1, -0.05) is 12.1 Å². The zero-order chi connectivity index (χ0) is 19.7. The van der Waals surface area contributed by atoms with E-state index in [1.54, 1.807) is 54.6 Å². The number of fused-ring (bicyclic) bond motifs is 1. The number of benzene rings is 2. The zero-order valence-corrected chi connectivity index (χ0v) is 14.9. The average Bonchev–Trinajstić information content (AvgIpc) is 2.99. The second kappa shape index (κ2) is 6.96. The van der Waals surface area contributed by atoms with E-state index < -0.39 is 0 Å². The fraction of sp³-hybridized carbons (Fsp3) is 0.0476. The molecule has 0 aliphatic carbocycles. The standard InChI is InChI=1S/C21H15N3O4/c1-22-19(25)18-12-15(10-11-23-18)28-14-8-6-13(7-9-14)24-20(26)16-4-2-3-5-17(16)21(24)27/h2-12H,1H3,(H,22,25). The summed E-state index contributed by atoms with van der Waals surface area (Å²) in [4.78, 5) is 41.9. The highest BCUT2D eigenvalue weighted by molar-refractivity contribution is 6.34. The molecule has 0 bridgehead atoms. The Morgan fingerprint density at radius 3 is 2.18 bits per heavy atom. The zero-order valence-electron chi connectivity index (χ0n) is 14.9. The van der Waals surface area contributed by atoms with E-state index in [1.165, 1.54) is 19.3 Å². The number of amides is 3. The number of ether oxygens (including phenoxy) is 1. The molecule has 0 unspecified atom stereocenters. The first kappa shape index (κ1) is 17.4. The van der Waals surface area contributed by atoms with Gasteiger partial charge in [0.25, 0.3) is 17.7 Å². The summed E-state index contributed by atoms with van der Waals surface area (Å²) in [6, 6.07) is 16.5. The molecule has 7 heteroatoms. The van der Waals surface area contributed by atoms with E-state index in [4.69, 9.17) is 4.74 Å². The molecular formula is C21H15N3O4. The normalized spacial score (nSPS) is 12.7. The SMILES string of the molecule is CNC(=O)c1cc(Oc2ccc(N3C(=O)c4ccccc4C3=O)cc2)ccn1. The van der Waals surface area contributed by atoms with Crippen LogP contribution >= 0.6 is 0 Å². The number of imide groups is 1. The number of hydrogen-bond acceptors (Lipinski definition) is 5. The van der Waals surface area contributed by atoms with Crippen LogP contribution < -0.4 is 15.0 Å². The summed E-state index contributed by atoms with van der Waals surface area (Å²) < 4.78 is 5.74. The molecule has 138 valence electrons. The largest absolute Gasteiger partial charge is 0.457 e. The Labute approximate surface area is 160 Å². The predicted molar refractivity (Wildman–Crippen MR) is 102 cm³/mol. The Morgan fingerprint density at radius 2 is 1.57 bits per heavy atom. The Bertz CT molecular complexity index is 1060. The van der Waals surface area contributed by atoms with Gasteiger partial charge >= 0.3 is 0 Å². The van der Waals surface area contributed by atoms with Crippen LogP contribution in [0.25, 0.3) is 0 Å². The van der Waals surface area contributed by atoms with E-state index in [-0.39, 0.29) is 23.4 Å². The van der Waals surface area contributed by atoms with Crippen LogP contribution in [0, 0.1) is 0 Å². The molecule has 0 saturated carbocycles. The van der Waals surface area contributed by atoms with Crippen molar-refractivity contribution >= 4 is 23.4 Å². The van der Waals surface area contributed by atoms with Gasteiger partial charge in [0.15, 0.2) is 0 Å². The van der Waals surface area contributed by atoms with Gasteiger partial charge in [-0.2, -0.15) is 0 Å². The molecule has 7 nitrogen and oxygen atoms in total. The van der Waals surface area contributed by atoms with E-state index in [0.29, 0.717) is 28.3 Å². The van der Waals surface area contributed by atoms with Gasteiger partial charge in [0.1, 0.15) is 17.2 Å². The second-order valence-electron chi connectivity index (χ2n) is 6.04. The molecule has 0 spiro atoms. The van der Waals surface area contributed by atoms with Gasteiger partial charge < -0.3 is 10.1 Å². The number of hydrogen-bond donors (Lipinski definition) is 1. The molecule has 0 atom stereocenters. The van der Waals surface area contributed by atoms with Crippen molar-refractivity contribution in [2.24, 2.45) is 0 Å². The quantitative estimate of drug-likeness (QED) is 0.710. The van der Waals surface area contributed by atoms with E-state index in [9.17, 15) is 14.4 Å². The minimum atomic E-state index is -0.348. The lowest BCUT2D eigenvalue weighted by Gasteiger charge is -2.14. The number of aromatic nitrogens is 1. The first-order valence-corrected chi connectivity index (χ1v) is 8.52. The van der Waals surface area contributed by atoms with Crippen LogP contribution in [0.5, 0.6) is 11.5 Å². The van der Waals surface area contributed by atoms with Crippen LogP contribution in [-0.2, 0) is 0 Å². The average molecular weight is 373 g/mol. The molecule has 1 aromatic heterocycles. The number of nitrogens with zero attached hydrogens (tertiary/aromatic N) is 2. The summed E-state index contributed by atoms with van der Waals surface area (Å²) in [5.74, 6) is -0.0693. The van der Waals surface area contributed by atoms with E-state index in [2.05, 4.69) is 10.3 Å². The van der Waals surface area contributed by atoms with Crippen molar-refractivity contribution in [3.8, 4) is 11.5 Å². The van der Waals surface area contributed by atoms with Crippen molar-refractivity contribution in [2.45, 2.75) is 0 Å². The van der Waals surface area contributed by atoms with Crippen molar-refractivity contribution in [2.75, 3.05) is 11.9 Å². The summed E-state index contributed by atoms with van der Waals surface area (Å²) in [5, 5.41) is 2.50. The molecule has 4 rings (SSSR count). The number of carbonyl (C=O) groups excluding carboxylic acids is 3. The van der Waals surface area contributed by atoms with Crippen LogP contribution in [0.1, 0.15) is 31.2 Å². The summed E-state index contributed by atoms with van der Waals surface area (Å²) in [5.41, 5.74) is 1.49. The third-order valence-corrected chi connectivity index (χ3v) is 4.32. The number of anilines is 1. The number of nitrogens with one attached hydrogen (secondary N) is 1. The van der Waals surface area contributed by atoms with Crippen molar-refractivity contribution in [1.82, 2.24) is 10.3 Å². The van der Waals surface area contributed by atoms with E-state index in [1.807, 2.05) is 0 Å². The lowest BCUT2D eigenvalue weighted by atomic mass is 10.1. The van der Waals surface area contributed by atoms with Gasteiger partial charge in [0.2, 0.25) is 0 Å². The first-order chi connectivity index (χ1) is 13.6. The molecule has 28 heavy (non-hydrogen) atoms. The number of rotatable bonds is 4. The highest BCUT2D eigenvalue weighted by Gasteiger charge is 2.36. The third kappa shape index (κ3) is 2.99. The molecule has 3 aromatic rings. The molecular weight excluding hydrogens is 358 g/mol. The fourth-order valence-electron chi connectivity index (χ4n) is 2.95. The highest BCUT2D eigenvalue weighted by atomic mass is 16.5. The maximum absolute atomic E-state index is 12.5. The summed E-state index contributed by atoms with van der Waals surface area (Å²) in [6.45, 7) is 0. The molecule has 0 saturated heterocycles. The third-order valence-electron chi connectivity index (χ3n) is 4.32. The summed E-state index contributed by atoms with van der Waals surface area (Å²) in [6.07, 6.45) is 1.48. The van der Waals surface area contributed by atoms with Gasteiger partial charge in [-0.15, -0.1) is 0 Å². The molecule has 0 radical (unpaired) electrons. The van der Waals surface area contributed by atoms with Crippen LogP contribution in [0.15, 0.2) is 66.9 Å². The van der Waals surface area contributed by atoms with Crippen molar-refractivity contribution in [3.63, 3.8) is 0 Å². The topological polar surface area (TPSA) is 88.6 Å². The van der Waals surface area contributed by atoms with Crippen LogP contribution in [0.4, 0.5) is 5.69 Å². The Morgan fingerprint density at radius 1 is 0.929 bits per heavy atom. The Hall–Kier alpha value is -4.00. The summed E-state index contributed by atoms with van der Waals surface area (Å²) in [7, 11) is 1.52. The number of carbonyl (C=O) groups is 3. The Kier molecular flexibility index (Phi) is 4.33. The van der Waals surface area contributed by atoms with Crippen molar-refractivity contribution in [3.05, 3.63) is 83.7 Å². The highest BCUT2D eigenvalue weighted by Crippen LogP contribution is 2.30. The van der Waals surface area contributed by atoms with Gasteiger partial charge in [-0.05, 0) is 42.5 Å². The van der Waals surface area contributed by atoms with Gasteiger partial charge in [-0.3, -0.25) is 19.4 Å². The van der Waals surface area contributed by atoms with Gasteiger partial charge in [0.05, 0.1) is 16.8 Å². The fourth-order valence-corrected chi connectivity index (χ4v) is 2.95. The lowest BCUT2D eigenvalue weighted by Crippen LogP contribution is -2.29. The predicted octanol–water partition coefficient (Wildman–Crippen LogP) is 3.03. The molecule has 2 aromatic carbocycles. The molecule has 1 aliphatic rings. The second-order valence-corrected chi connectivity index (χ2v) is 6.04. The van der Waals surface area contributed by atoms with Gasteiger partial charge in [0, 0.05) is 19.3 Å². The van der Waals surface area contributed by atoms with Crippen LogP contribution in [0.3, 0.4) is 0 Å². The molecule has 0 fully saturated rings. The van der Waals surface area contributed by atoms with Crippen LogP contribution in [-0.4, -0.2) is 29.8 Å². The van der Waals surface area contributed by atoms with Crippen molar-refractivity contribution in [1.29, 1.82) is 0 Å². The maximum Gasteiger partial charge on any atom is 0.269 e. The Balaban J connectivity index is 1.55. The molecule has 1 aliphatic heterocycles. The minimum Gasteiger partial charge on any atom is -0.457 e. The van der Waals surface area contributed by atoms with Crippen LogP contribution in [0.2, 0.25) is 0 Å². The monoisotopic (exact) mass is 373 g/mol. The first-order valence-electron chi connectivity index (χ1n) is 8.52. The maximum atomic E-state index is 12.5. The van der Waals surface area contributed by atoms with Crippen molar-refractivity contribution < 1.29 is 19.1 Å². The van der Waals surface area contributed by atoms with E-state index in [0.717, 1.165) is 4.90 Å². The molecule has 1 N–H and O–H groups in total. The molecule has 2 heterocycles. The molecule has 3 amide bonds. The minimum absolute atomic E-state index is 0.239. The smallest absolute Gasteiger partial charge is 0.269 e.